The van der Waals surface area contributed by atoms with Crippen molar-refractivity contribution >= 4 is 5.97 Å². The largest absolute Gasteiger partial charge is 0.481 e. The van der Waals surface area contributed by atoms with Gasteiger partial charge in [0.25, 0.3) is 0 Å². The van der Waals surface area contributed by atoms with E-state index in [4.69, 9.17) is 9.84 Å². The van der Waals surface area contributed by atoms with E-state index < -0.39 is 11.9 Å². The molecule has 0 bridgehead atoms. The highest BCUT2D eigenvalue weighted by Gasteiger charge is 2.21. The maximum atomic E-state index is 10.8. The molecule has 1 unspecified atom stereocenters. The number of rotatable bonds is 3. The zero-order valence-corrected chi connectivity index (χ0v) is 8.64. The molecule has 0 amide bonds. The number of hydrogen-bond acceptors (Lipinski definition) is 2. The van der Waals surface area contributed by atoms with E-state index >= 15 is 0 Å². The smallest absolute Gasteiger partial charge is 0.310 e. The molecule has 1 atom stereocenters. The van der Waals surface area contributed by atoms with Crippen LogP contribution >= 0.6 is 0 Å². The van der Waals surface area contributed by atoms with Crippen LogP contribution in [0.4, 0.5) is 0 Å². The van der Waals surface area contributed by atoms with E-state index in [2.05, 4.69) is 0 Å². The lowest BCUT2D eigenvalue weighted by atomic mass is 9.94. The van der Waals surface area contributed by atoms with E-state index in [0.29, 0.717) is 5.92 Å². The van der Waals surface area contributed by atoms with Gasteiger partial charge >= 0.3 is 5.97 Å². The van der Waals surface area contributed by atoms with Crippen LogP contribution in [0.1, 0.15) is 29.9 Å². The summed E-state index contributed by atoms with van der Waals surface area (Å²) in [5.74, 6) is -0.717. The quantitative estimate of drug-likeness (QED) is 0.822. The SMILES string of the molecule is CC(C(=O)O)c1ccc(C2COC2)cc1. The Labute approximate surface area is 88.7 Å². The predicted molar refractivity (Wildman–Crippen MR) is 56.1 cm³/mol. The summed E-state index contributed by atoms with van der Waals surface area (Å²) in [6.07, 6.45) is 0. The van der Waals surface area contributed by atoms with Crippen molar-refractivity contribution < 1.29 is 14.6 Å². The molecule has 3 heteroatoms. The third-order valence-corrected chi connectivity index (χ3v) is 2.92. The first-order chi connectivity index (χ1) is 7.18. The van der Waals surface area contributed by atoms with Gasteiger partial charge in [-0.15, -0.1) is 0 Å². The Morgan fingerprint density at radius 3 is 2.40 bits per heavy atom. The van der Waals surface area contributed by atoms with Gasteiger partial charge in [-0.25, -0.2) is 0 Å². The van der Waals surface area contributed by atoms with Crippen molar-refractivity contribution in [2.45, 2.75) is 18.8 Å². The summed E-state index contributed by atoms with van der Waals surface area (Å²) in [5.41, 5.74) is 2.09. The van der Waals surface area contributed by atoms with Crippen LogP contribution in [0, 0.1) is 0 Å². The second kappa shape index (κ2) is 4.03. The second-order valence-corrected chi connectivity index (χ2v) is 3.96. The molecule has 1 saturated heterocycles. The molecule has 0 aliphatic carbocycles. The highest BCUT2D eigenvalue weighted by molar-refractivity contribution is 5.75. The van der Waals surface area contributed by atoms with Crippen molar-refractivity contribution in [2.24, 2.45) is 0 Å². The summed E-state index contributed by atoms with van der Waals surface area (Å²) >= 11 is 0. The molecule has 1 N–H and O–H groups in total. The molecular weight excluding hydrogens is 192 g/mol. The molecule has 15 heavy (non-hydrogen) atoms. The third kappa shape index (κ3) is 2.02. The van der Waals surface area contributed by atoms with Gasteiger partial charge in [0, 0.05) is 5.92 Å². The van der Waals surface area contributed by atoms with Gasteiger partial charge in [0.05, 0.1) is 19.1 Å². The summed E-state index contributed by atoms with van der Waals surface area (Å²) in [6.45, 7) is 3.27. The first-order valence-electron chi connectivity index (χ1n) is 5.09. The number of aliphatic carboxylic acids is 1. The van der Waals surface area contributed by atoms with E-state index in [9.17, 15) is 4.79 Å². The maximum absolute atomic E-state index is 10.8. The minimum atomic E-state index is -0.783. The number of carboxylic acid groups (broad SMARTS) is 1. The average Bonchev–Trinajstić information content (AvgIpc) is 2.15. The Morgan fingerprint density at radius 2 is 2.00 bits per heavy atom. The van der Waals surface area contributed by atoms with E-state index in [0.717, 1.165) is 18.8 Å². The van der Waals surface area contributed by atoms with Crippen LogP contribution in [0.3, 0.4) is 0 Å². The van der Waals surface area contributed by atoms with Crippen LogP contribution in [0.15, 0.2) is 24.3 Å². The molecule has 1 aliphatic rings. The minimum Gasteiger partial charge on any atom is -0.481 e. The summed E-state index contributed by atoms with van der Waals surface area (Å²) < 4.78 is 5.11. The molecule has 1 fully saturated rings. The van der Waals surface area contributed by atoms with Crippen molar-refractivity contribution in [3.05, 3.63) is 35.4 Å². The lowest BCUT2D eigenvalue weighted by Gasteiger charge is -2.26. The monoisotopic (exact) mass is 206 g/mol. The molecule has 1 aromatic carbocycles. The van der Waals surface area contributed by atoms with E-state index in [1.54, 1.807) is 6.92 Å². The average molecular weight is 206 g/mol. The molecule has 1 aromatic rings. The summed E-state index contributed by atoms with van der Waals surface area (Å²) in [5, 5.41) is 8.85. The van der Waals surface area contributed by atoms with Gasteiger partial charge in [-0.3, -0.25) is 4.79 Å². The van der Waals surface area contributed by atoms with Crippen LogP contribution in [0.5, 0.6) is 0 Å². The number of benzene rings is 1. The first-order valence-corrected chi connectivity index (χ1v) is 5.09. The van der Waals surface area contributed by atoms with Crippen molar-refractivity contribution in [3.63, 3.8) is 0 Å². The number of ether oxygens (including phenoxy) is 1. The summed E-state index contributed by atoms with van der Waals surface area (Å²) in [6, 6.07) is 7.79. The van der Waals surface area contributed by atoms with Gasteiger partial charge in [-0.05, 0) is 18.1 Å². The molecule has 0 radical (unpaired) electrons. The van der Waals surface area contributed by atoms with E-state index in [-0.39, 0.29) is 0 Å². The first kappa shape index (κ1) is 10.2. The highest BCUT2D eigenvalue weighted by atomic mass is 16.5. The molecule has 1 heterocycles. The topological polar surface area (TPSA) is 46.5 Å². The summed E-state index contributed by atoms with van der Waals surface area (Å²) in [7, 11) is 0. The third-order valence-electron chi connectivity index (χ3n) is 2.92. The normalized spacial score (nSPS) is 18.2. The molecule has 0 spiro atoms. The second-order valence-electron chi connectivity index (χ2n) is 3.96. The van der Waals surface area contributed by atoms with E-state index in [1.807, 2.05) is 24.3 Å². The minimum absolute atomic E-state index is 0.434. The van der Waals surface area contributed by atoms with Gasteiger partial charge in [-0.1, -0.05) is 24.3 Å². The van der Waals surface area contributed by atoms with Crippen molar-refractivity contribution in [1.82, 2.24) is 0 Å². The fourth-order valence-electron chi connectivity index (χ4n) is 1.63. The maximum Gasteiger partial charge on any atom is 0.310 e. The van der Waals surface area contributed by atoms with Crippen LogP contribution < -0.4 is 0 Å². The number of carboxylic acids is 1. The Bertz CT molecular complexity index is 352. The fraction of sp³-hybridized carbons (Fsp3) is 0.417. The Balaban J connectivity index is 2.12. The Morgan fingerprint density at radius 1 is 1.40 bits per heavy atom. The van der Waals surface area contributed by atoms with Crippen molar-refractivity contribution in [3.8, 4) is 0 Å². The van der Waals surface area contributed by atoms with E-state index in [1.165, 1.54) is 5.56 Å². The zero-order chi connectivity index (χ0) is 10.8. The molecule has 80 valence electrons. The van der Waals surface area contributed by atoms with Crippen molar-refractivity contribution in [2.75, 3.05) is 13.2 Å². The molecule has 1 aliphatic heterocycles. The van der Waals surface area contributed by atoms with Gasteiger partial charge in [0.1, 0.15) is 0 Å². The zero-order valence-electron chi connectivity index (χ0n) is 8.64. The fourth-order valence-corrected chi connectivity index (χ4v) is 1.63. The van der Waals surface area contributed by atoms with Crippen LogP contribution in [-0.4, -0.2) is 24.3 Å². The Kier molecular flexibility index (Phi) is 2.73. The lowest BCUT2D eigenvalue weighted by Crippen LogP contribution is -2.25. The molecule has 0 aromatic heterocycles. The van der Waals surface area contributed by atoms with Gasteiger partial charge in [0.2, 0.25) is 0 Å². The van der Waals surface area contributed by atoms with Crippen molar-refractivity contribution in [1.29, 1.82) is 0 Å². The molecule has 0 saturated carbocycles. The highest BCUT2D eigenvalue weighted by Crippen LogP contribution is 2.25. The number of hydrogen-bond donors (Lipinski definition) is 1. The van der Waals surface area contributed by atoms with Crippen LogP contribution in [-0.2, 0) is 9.53 Å². The molecule has 2 rings (SSSR count). The molecule has 3 nitrogen and oxygen atoms in total. The molecular formula is C12H14O3. The van der Waals surface area contributed by atoms with Gasteiger partial charge in [-0.2, -0.15) is 0 Å². The standard InChI is InChI=1S/C12H14O3/c1-8(12(13)14)9-2-4-10(5-3-9)11-6-15-7-11/h2-5,8,11H,6-7H2,1H3,(H,13,14). The van der Waals surface area contributed by atoms with Crippen LogP contribution in [0.25, 0.3) is 0 Å². The number of carbonyl (C=O) groups is 1. The van der Waals surface area contributed by atoms with Gasteiger partial charge < -0.3 is 9.84 Å². The predicted octanol–water partition coefficient (Wildman–Crippen LogP) is 1.99. The summed E-state index contributed by atoms with van der Waals surface area (Å²) in [4.78, 5) is 10.8. The lowest BCUT2D eigenvalue weighted by molar-refractivity contribution is -0.138. The van der Waals surface area contributed by atoms with Gasteiger partial charge in [0.15, 0.2) is 0 Å². The Hall–Kier alpha value is -1.35. The van der Waals surface area contributed by atoms with Crippen LogP contribution in [0.2, 0.25) is 0 Å².